The zero-order valence-electron chi connectivity index (χ0n) is 11.0. The average molecular weight is 249 g/mol. The average Bonchev–Trinajstić information content (AvgIpc) is 2.91. The van der Waals surface area contributed by atoms with Crippen molar-refractivity contribution in [2.45, 2.75) is 44.8 Å². The van der Waals surface area contributed by atoms with E-state index in [1.54, 1.807) is 6.26 Å². The topological polar surface area (TPSA) is 45.4 Å². The number of furan rings is 1. The molecule has 0 amide bonds. The first-order valence-electron chi connectivity index (χ1n) is 6.85. The monoisotopic (exact) mass is 249 g/mol. The Labute approximate surface area is 109 Å². The summed E-state index contributed by atoms with van der Waals surface area (Å²) in [5, 5.41) is 13.5. The Morgan fingerprint density at radius 1 is 1.50 bits per heavy atom. The van der Waals surface area contributed by atoms with E-state index in [4.69, 9.17) is 4.42 Å². The summed E-state index contributed by atoms with van der Waals surface area (Å²) in [5.41, 5.74) is 0. The van der Waals surface area contributed by atoms with Gasteiger partial charge in [0, 0.05) is 6.04 Å². The molecule has 2 N–H and O–H groups in total. The lowest BCUT2D eigenvalue weighted by molar-refractivity contribution is 0.128. The Balaban J connectivity index is 1.68. The fraction of sp³-hybridized carbons (Fsp3) is 0.600. The van der Waals surface area contributed by atoms with E-state index in [1.165, 1.54) is 19.3 Å². The first-order valence-corrected chi connectivity index (χ1v) is 6.85. The molecule has 0 aromatic carbocycles. The smallest absolute Gasteiger partial charge is 0.132 e. The van der Waals surface area contributed by atoms with Crippen molar-refractivity contribution in [1.29, 1.82) is 0 Å². The van der Waals surface area contributed by atoms with Crippen LogP contribution in [0.15, 0.2) is 35.0 Å². The van der Waals surface area contributed by atoms with Gasteiger partial charge in [0.1, 0.15) is 11.9 Å². The van der Waals surface area contributed by atoms with Crippen LogP contribution in [0.25, 0.3) is 0 Å². The van der Waals surface area contributed by atoms with Crippen LogP contribution in [-0.4, -0.2) is 17.7 Å². The van der Waals surface area contributed by atoms with Gasteiger partial charge in [-0.25, -0.2) is 0 Å². The molecule has 0 spiro atoms. The van der Waals surface area contributed by atoms with E-state index < -0.39 is 6.10 Å². The van der Waals surface area contributed by atoms with Gasteiger partial charge < -0.3 is 14.8 Å². The molecule has 0 fully saturated rings. The molecule has 2 rings (SSSR count). The number of allylic oxidation sites excluding steroid dienone is 2. The van der Waals surface area contributed by atoms with Crippen molar-refractivity contribution in [2.75, 3.05) is 6.54 Å². The van der Waals surface area contributed by atoms with Crippen LogP contribution in [-0.2, 0) is 0 Å². The molecular weight excluding hydrogens is 226 g/mol. The third-order valence-corrected chi connectivity index (χ3v) is 3.58. The summed E-state index contributed by atoms with van der Waals surface area (Å²) in [6, 6.07) is 3.94. The van der Waals surface area contributed by atoms with E-state index in [-0.39, 0.29) is 0 Å². The maximum absolute atomic E-state index is 9.97. The lowest BCUT2D eigenvalue weighted by Crippen LogP contribution is -2.32. The molecule has 0 bridgehead atoms. The molecule has 0 radical (unpaired) electrons. The quantitative estimate of drug-likeness (QED) is 0.762. The van der Waals surface area contributed by atoms with Crippen LogP contribution < -0.4 is 5.32 Å². The molecule has 18 heavy (non-hydrogen) atoms. The SMILES string of the molecule is CC(CC(O)c1ccco1)NCC1CC=CCC1. The molecule has 3 unspecified atom stereocenters. The van der Waals surface area contributed by atoms with Gasteiger partial charge in [0.2, 0.25) is 0 Å². The van der Waals surface area contributed by atoms with Gasteiger partial charge in [0.05, 0.1) is 6.26 Å². The highest BCUT2D eigenvalue weighted by Gasteiger charge is 2.16. The van der Waals surface area contributed by atoms with Crippen molar-refractivity contribution >= 4 is 0 Å². The van der Waals surface area contributed by atoms with Crippen LogP contribution in [0.3, 0.4) is 0 Å². The van der Waals surface area contributed by atoms with Gasteiger partial charge in [-0.1, -0.05) is 12.2 Å². The van der Waals surface area contributed by atoms with Gasteiger partial charge in [-0.3, -0.25) is 0 Å². The molecule has 1 aliphatic rings. The Morgan fingerprint density at radius 3 is 3.06 bits per heavy atom. The fourth-order valence-corrected chi connectivity index (χ4v) is 2.42. The zero-order valence-corrected chi connectivity index (χ0v) is 11.0. The molecule has 100 valence electrons. The van der Waals surface area contributed by atoms with Crippen molar-refractivity contribution in [2.24, 2.45) is 5.92 Å². The standard InChI is InChI=1S/C15H23NO2/c1-12(10-14(17)15-8-5-9-18-15)16-11-13-6-3-2-4-7-13/h2-3,5,8-9,12-14,16-17H,4,6-7,10-11H2,1H3. The molecule has 3 heteroatoms. The summed E-state index contributed by atoms with van der Waals surface area (Å²) < 4.78 is 5.20. The molecule has 0 saturated carbocycles. The van der Waals surface area contributed by atoms with Crippen molar-refractivity contribution < 1.29 is 9.52 Å². The number of aliphatic hydroxyl groups excluding tert-OH is 1. The Bertz CT molecular complexity index is 359. The second-order valence-electron chi connectivity index (χ2n) is 5.23. The van der Waals surface area contributed by atoms with Crippen LogP contribution in [0.4, 0.5) is 0 Å². The predicted octanol–water partition coefficient (Wildman–Crippen LogP) is 3.04. The van der Waals surface area contributed by atoms with E-state index in [9.17, 15) is 5.11 Å². The van der Waals surface area contributed by atoms with E-state index in [0.717, 1.165) is 12.5 Å². The number of aliphatic hydroxyl groups is 1. The second kappa shape index (κ2) is 6.76. The Kier molecular flexibility index (Phi) is 5.02. The lowest BCUT2D eigenvalue weighted by Gasteiger charge is -2.22. The van der Waals surface area contributed by atoms with Crippen molar-refractivity contribution in [3.05, 3.63) is 36.3 Å². The summed E-state index contributed by atoms with van der Waals surface area (Å²) in [7, 11) is 0. The van der Waals surface area contributed by atoms with Gasteiger partial charge in [0.25, 0.3) is 0 Å². The van der Waals surface area contributed by atoms with Crippen LogP contribution in [0, 0.1) is 5.92 Å². The van der Waals surface area contributed by atoms with Gasteiger partial charge in [0.15, 0.2) is 0 Å². The number of hydrogen-bond donors (Lipinski definition) is 2. The minimum atomic E-state index is -0.506. The molecule has 1 aromatic heterocycles. The summed E-state index contributed by atoms with van der Waals surface area (Å²) in [6.07, 6.45) is 9.99. The highest BCUT2D eigenvalue weighted by molar-refractivity contribution is 5.02. The third-order valence-electron chi connectivity index (χ3n) is 3.58. The highest BCUT2D eigenvalue weighted by atomic mass is 16.4. The summed E-state index contributed by atoms with van der Waals surface area (Å²) in [6.45, 7) is 3.15. The Morgan fingerprint density at radius 2 is 2.39 bits per heavy atom. The van der Waals surface area contributed by atoms with Crippen LogP contribution in [0.1, 0.15) is 44.5 Å². The van der Waals surface area contributed by atoms with Crippen LogP contribution >= 0.6 is 0 Å². The normalized spacial score (nSPS) is 22.9. The van der Waals surface area contributed by atoms with E-state index in [1.807, 2.05) is 12.1 Å². The van der Waals surface area contributed by atoms with E-state index in [0.29, 0.717) is 18.2 Å². The van der Waals surface area contributed by atoms with Gasteiger partial charge >= 0.3 is 0 Å². The van der Waals surface area contributed by atoms with E-state index >= 15 is 0 Å². The predicted molar refractivity (Wildman–Crippen MR) is 72.2 cm³/mol. The molecule has 3 atom stereocenters. The molecule has 0 aliphatic heterocycles. The molecule has 1 aliphatic carbocycles. The fourth-order valence-electron chi connectivity index (χ4n) is 2.42. The molecule has 1 aromatic rings. The summed E-state index contributed by atoms with van der Waals surface area (Å²) in [4.78, 5) is 0. The van der Waals surface area contributed by atoms with Gasteiger partial charge in [-0.15, -0.1) is 0 Å². The largest absolute Gasteiger partial charge is 0.467 e. The number of nitrogens with one attached hydrogen (secondary N) is 1. The molecule has 3 nitrogen and oxygen atoms in total. The zero-order chi connectivity index (χ0) is 12.8. The van der Waals surface area contributed by atoms with Crippen molar-refractivity contribution in [3.63, 3.8) is 0 Å². The number of hydrogen-bond acceptors (Lipinski definition) is 3. The third kappa shape index (κ3) is 4.00. The molecule has 1 heterocycles. The Hall–Kier alpha value is -1.06. The van der Waals surface area contributed by atoms with Gasteiger partial charge in [-0.05, 0) is 57.2 Å². The van der Waals surface area contributed by atoms with Crippen molar-refractivity contribution in [3.8, 4) is 0 Å². The van der Waals surface area contributed by atoms with Crippen LogP contribution in [0.2, 0.25) is 0 Å². The maximum atomic E-state index is 9.97. The summed E-state index contributed by atoms with van der Waals surface area (Å²) in [5.74, 6) is 1.41. The van der Waals surface area contributed by atoms with E-state index in [2.05, 4.69) is 24.4 Å². The second-order valence-corrected chi connectivity index (χ2v) is 5.23. The summed E-state index contributed by atoms with van der Waals surface area (Å²) >= 11 is 0. The van der Waals surface area contributed by atoms with Crippen LogP contribution in [0.5, 0.6) is 0 Å². The lowest BCUT2D eigenvalue weighted by atomic mass is 9.94. The van der Waals surface area contributed by atoms with Gasteiger partial charge in [-0.2, -0.15) is 0 Å². The highest BCUT2D eigenvalue weighted by Crippen LogP contribution is 2.20. The first kappa shape index (κ1) is 13.4. The number of rotatable bonds is 6. The minimum absolute atomic E-state index is 0.302. The molecular formula is C15H23NO2. The molecule has 0 saturated heterocycles. The van der Waals surface area contributed by atoms with Crippen molar-refractivity contribution in [1.82, 2.24) is 5.32 Å². The first-order chi connectivity index (χ1) is 8.75. The minimum Gasteiger partial charge on any atom is -0.467 e. The maximum Gasteiger partial charge on any atom is 0.132 e.